The van der Waals surface area contributed by atoms with Crippen LogP contribution in [0, 0.1) is 5.82 Å². The second-order valence-corrected chi connectivity index (χ2v) is 6.05. The minimum absolute atomic E-state index is 0.0569. The van der Waals surface area contributed by atoms with E-state index < -0.39 is 11.9 Å². The maximum absolute atomic E-state index is 13.3. The quantitative estimate of drug-likeness (QED) is 0.818. The summed E-state index contributed by atoms with van der Waals surface area (Å²) < 4.78 is 13.3. The van der Waals surface area contributed by atoms with Crippen molar-refractivity contribution in [2.45, 2.75) is 32.3 Å². The predicted octanol–water partition coefficient (Wildman–Crippen LogP) is 3.79. The van der Waals surface area contributed by atoms with Crippen LogP contribution < -0.4 is 5.73 Å². The van der Waals surface area contributed by atoms with Crippen molar-refractivity contribution in [3.63, 3.8) is 0 Å². The van der Waals surface area contributed by atoms with Crippen LogP contribution >= 0.6 is 0 Å². The highest BCUT2D eigenvalue weighted by Crippen LogP contribution is 2.29. The highest BCUT2D eigenvalue weighted by Gasteiger charge is 2.17. The van der Waals surface area contributed by atoms with Gasteiger partial charge in [0.2, 0.25) is 0 Å². The van der Waals surface area contributed by atoms with Gasteiger partial charge in [-0.25, -0.2) is 4.39 Å². The molecule has 0 heterocycles. The molecule has 2 nitrogen and oxygen atoms in total. The van der Waals surface area contributed by atoms with Crippen LogP contribution in [-0.2, 0) is 5.41 Å². The molecule has 106 valence electrons. The van der Waals surface area contributed by atoms with Crippen molar-refractivity contribution < 1.29 is 9.50 Å². The van der Waals surface area contributed by atoms with E-state index in [2.05, 4.69) is 20.8 Å². The molecule has 0 fully saturated rings. The Morgan fingerprint density at radius 2 is 1.65 bits per heavy atom. The number of halogens is 1. The van der Waals surface area contributed by atoms with Gasteiger partial charge in [0.1, 0.15) is 11.9 Å². The zero-order valence-corrected chi connectivity index (χ0v) is 12.0. The third-order valence-electron chi connectivity index (χ3n) is 3.44. The van der Waals surface area contributed by atoms with Gasteiger partial charge in [0, 0.05) is 11.3 Å². The second kappa shape index (κ2) is 5.25. The van der Waals surface area contributed by atoms with Gasteiger partial charge < -0.3 is 10.8 Å². The fourth-order valence-electron chi connectivity index (χ4n) is 2.13. The molecular weight excluding hydrogens is 253 g/mol. The van der Waals surface area contributed by atoms with Crippen LogP contribution in [0.2, 0.25) is 0 Å². The van der Waals surface area contributed by atoms with Gasteiger partial charge in [-0.2, -0.15) is 0 Å². The first-order chi connectivity index (χ1) is 9.29. The van der Waals surface area contributed by atoms with Crippen LogP contribution in [0.5, 0.6) is 0 Å². The maximum atomic E-state index is 13.3. The molecule has 2 aromatic carbocycles. The lowest BCUT2D eigenvalue weighted by Gasteiger charge is -2.20. The molecule has 3 N–H and O–H groups in total. The van der Waals surface area contributed by atoms with E-state index in [0.717, 1.165) is 0 Å². The van der Waals surface area contributed by atoms with Crippen molar-refractivity contribution >= 4 is 5.69 Å². The standard InChI is InChI=1S/C17H20FNO/c1-17(2,3)12-6-4-11(5-7-12)16(20)14-10-13(18)8-9-15(14)19/h4-10,16,20H,19H2,1-3H3. The largest absolute Gasteiger partial charge is 0.398 e. The number of benzene rings is 2. The average Bonchev–Trinajstić information content (AvgIpc) is 2.40. The third-order valence-corrected chi connectivity index (χ3v) is 3.44. The summed E-state index contributed by atoms with van der Waals surface area (Å²) in [6.07, 6.45) is -0.917. The number of aliphatic hydroxyl groups is 1. The van der Waals surface area contributed by atoms with E-state index in [1.165, 1.54) is 23.8 Å². The molecule has 2 rings (SSSR count). The number of hydrogen-bond donors (Lipinski definition) is 2. The van der Waals surface area contributed by atoms with Gasteiger partial charge in [-0.1, -0.05) is 45.0 Å². The number of hydrogen-bond acceptors (Lipinski definition) is 2. The first kappa shape index (κ1) is 14.5. The summed E-state index contributed by atoms with van der Waals surface area (Å²) in [5.74, 6) is -0.403. The Morgan fingerprint density at radius 3 is 2.20 bits per heavy atom. The highest BCUT2D eigenvalue weighted by molar-refractivity contribution is 5.50. The van der Waals surface area contributed by atoms with Gasteiger partial charge in [-0.3, -0.25) is 0 Å². The summed E-state index contributed by atoms with van der Waals surface area (Å²) in [4.78, 5) is 0. The fraction of sp³-hybridized carbons (Fsp3) is 0.294. The van der Waals surface area contributed by atoms with E-state index in [9.17, 15) is 9.50 Å². The van der Waals surface area contributed by atoms with Gasteiger partial charge in [0.05, 0.1) is 0 Å². The Kier molecular flexibility index (Phi) is 3.82. The smallest absolute Gasteiger partial charge is 0.123 e. The molecular formula is C17H20FNO. The van der Waals surface area contributed by atoms with Crippen molar-refractivity contribution in [1.29, 1.82) is 0 Å². The minimum Gasteiger partial charge on any atom is -0.398 e. The molecule has 0 aromatic heterocycles. The van der Waals surface area contributed by atoms with Crippen molar-refractivity contribution in [2.24, 2.45) is 0 Å². The van der Waals surface area contributed by atoms with Gasteiger partial charge >= 0.3 is 0 Å². The molecule has 0 radical (unpaired) electrons. The summed E-state index contributed by atoms with van der Waals surface area (Å²) in [6, 6.07) is 11.7. The molecule has 0 amide bonds. The molecule has 1 unspecified atom stereocenters. The van der Waals surface area contributed by atoms with Crippen LogP contribution in [0.25, 0.3) is 0 Å². The molecule has 1 atom stereocenters. The molecule has 0 aliphatic rings. The molecule has 3 heteroatoms. The molecule has 2 aromatic rings. The lowest BCUT2D eigenvalue weighted by atomic mass is 9.86. The van der Waals surface area contributed by atoms with Crippen molar-refractivity contribution in [1.82, 2.24) is 0 Å². The summed E-state index contributed by atoms with van der Waals surface area (Å²) in [6.45, 7) is 6.38. The van der Waals surface area contributed by atoms with Crippen molar-refractivity contribution in [3.05, 3.63) is 65.0 Å². The molecule has 0 aliphatic carbocycles. The second-order valence-electron chi connectivity index (χ2n) is 6.05. The number of anilines is 1. The van der Waals surface area contributed by atoms with Gasteiger partial charge in [-0.15, -0.1) is 0 Å². The third kappa shape index (κ3) is 2.99. The molecule has 0 saturated heterocycles. The summed E-state index contributed by atoms with van der Waals surface area (Å²) in [7, 11) is 0. The SMILES string of the molecule is CC(C)(C)c1ccc(C(O)c2cc(F)ccc2N)cc1. The molecule has 20 heavy (non-hydrogen) atoms. The normalized spacial score (nSPS) is 13.2. The maximum Gasteiger partial charge on any atom is 0.123 e. The Labute approximate surface area is 119 Å². The topological polar surface area (TPSA) is 46.2 Å². The molecule has 0 saturated carbocycles. The Hall–Kier alpha value is -1.87. The van der Waals surface area contributed by atoms with Crippen LogP contribution in [-0.4, -0.2) is 5.11 Å². The zero-order valence-electron chi connectivity index (χ0n) is 12.0. The molecule has 0 spiro atoms. The summed E-state index contributed by atoms with van der Waals surface area (Å²) in [5.41, 5.74) is 8.53. The Balaban J connectivity index is 2.34. The summed E-state index contributed by atoms with van der Waals surface area (Å²) >= 11 is 0. The Bertz CT molecular complexity index is 599. The van der Waals surface area contributed by atoms with Gasteiger partial charge in [-0.05, 0) is 34.7 Å². The van der Waals surface area contributed by atoms with Crippen molar-refractivity contribution in [2.75, 3.05) is 5.73 Å². The molecule has 0 aliphatic heterocycles. The van der Waals surface area contributed by atoms with Crippen LogP contribution in [0.3, 0.4) is 0 Å². The minimum atomic E-state index is -0.917. The zero-order chi connectivity index (χ0) is 14.9. The fourth-order valence-corrected chi connectivity index (χ4v) is 2.13. The van der Waals surface area contributed by atoms with E-state index in [0.29, 0.717) is 16.8 Å². The lowest BCUT2D eigenvalue weighted by molar-refractivity contribution is 0.220. The number of nitrogen functional groups attached to an aromatic ring is 1. The number of rotatable bonds is 2. The van der Waals surface area contributed by atoms with Crippen LogP contribution in [0.1, 0.15) is 43.6 Å². The van der Waals surface area contributed by atoms with E-state index >= 15 is 0 Å². The predicted molar refractivity (Wildman–Crippen MR) is 80.0 cm³/mol. The first-order valence-electron chi connectivity index (χ1n) is 6.62. The summed E-state index contributed by atoms with van der Waals surface area (Å²) in [5, 5.41) is 10.3. The average molecular weight is 273 g/mol. The van der Waals surface area contributed by atoms with E-state index in [1.807, 2.05) is 24.3 Å². The number of nitrogens with two attached hydrogens (primary N) is 1. The van der Waals surface area contributed by atoms with Crippen LogP contribution in [0.4, 0.5) is 10.1 Å². The van der Waals surface area contributed by atoms with Gasteiger partial charge in [0.25, 0.3) is 0 Å². The van der Waals surface area contributed by atoms with E-state index in [-0.39, 0.29) is 5.41 Å². The van der Waals surface area contributed by atoms with Crippen molar-refractivity contribution in [3.8, 4) is 0 Å². The van der Waals surface area contributed by atoms with E-state index in [1.54, 1.807) is 0 Å². The van der Waals surface area contributed by atoms with Crippen LogP contribution in [0.15, 0.2) is 42.5 Å². The first-order valence-corrected chi connectivity index (χ1v) is 6.62. The molecule has 0 bridgehead atoms. The monoisotopic (exact) mass is 273 g/mol. The lowest BCUT2D eigenvalue weighted by Crippen LogP contribution is -2.11. The Morgan fingerprint density at radius 1 is 1.05 bits per heavy atom. The van der Waals surface area contributed by atoms with E-state index in [4.69, 9.17) is 5.73 Å². The van der Waals surface area contributed by atoms with Gasteiger partial charge in [0.15, 0.2) is 0 Å². The number of aliphatic hydroxyl groups excluding tert-OH is 1. The highest BCUT2D eigenvalue weighted by atomic mass is 19.1.